The molecule has 19 heavy (non-hydrogen) atoms. The average molecular weight is 286 g/mol. The van der Waals surface area contributed by atoms with Crippen LogP contribution in [0.2, 0.25) is 0 Å². The van der Waals surface area contributed by atoms with Gasteiger partial charge in [0.1, 0.15) is 12.0 Å². The molecule has 0 aromatic heterocycles. The van der Waals surface area contributed by atoms with Crippen LogP contribution < -0.4 is 4.74 Å². The van der Waals surface area contributed by atoms with E-state index in [9.17, 15) is 0 Å². The standard InChI is InChI=1S/C16H27NO.ClH/c1-7-17(8-2)14(6)18-16-11-13(5)9-10-15(16)12(3)4;/h9-12,14H,7-8H2,1-6H3;1H. The first-order valence-corrected chi connectivity index (χ1v) is 7.00. The maximum atomic E-state index is 6.16. The normalized spacial score (nSPS) is 12.4. The molecule has 0 aliphatic carbocycles. The third-order valence-corrected chi connectivity index (χ3v) is 3.42. The van der Waals surface area contributed by atoms with E-state index in [1.807, 2.05) is 0 Å². The summed E-state index contributed by atoms with van der Waals surface area (Å²) < 4.78 is 6.16. The molecule has 3 heteroatoms. The number of rotatable bonds is 6. The molecule has 0 radical (unpaired) electrons. The largest absolute Gasteiger partial charge is 0.475 e. The predicted octanol–water partition coefficient (Wildman–Crippen LogP) is 4.61. The minimum absolute atomic E-state index is 0. The second-order valence-electron chi connectivity index (χ2n) is 5.13. The van der Waals surface area contributed by atoms with E-state index < -0.39 is 0 Å². The predicted molar refractivity (Wildman–Crippen MR) is 85.5 cm³/mol. The SMILES string of the molecule is CCN(CC)C(C)Oc1cc(C)ccc1C(C)C.Cl. The van der Waals surface area contributed by atoms with Crippen LogP contribution in [0.3, 0.4) is 0 Å². The Balaban J connectivity index is 0.00000324. The molecule has 2 nitrogen and oxygen atoms in total. The highest BCUT2D eigenvalue weighted by molar-refractivity contribution is 5.85. The number of benzene rings is 1. The Morgan fingerprint density at radius 3 is 2.16 bits per heavy atom. The van der Waals surface area contributed by atoms with Crippen molar-refractivity contribution in [2.75, 3.05) is 13.1 Å². The van der Waals surface area contributed by atoms with E-state index in [0.29, 0.717) is 5.92 Å². The fourth-order valence-electron chi connectivity index (χ4n) is 2.22. The van der Waals surface area contributed by atoms with Gasteiger partial charge in [-0.2, -0.15) is 0 Å². The number of nitrogens with zero attached hydrogens (tertiary/aromatic N) is 1. The van der Waals surface area contributed by atoms with Crippen molar-refractivity contribution in [3.8, 4) is 5.75 Å². The third-order valence-electron chi connectivity index (χ3n) is 3.42. The number of ether oxygens (including phenoxy) is 1. The number of halogens is 1. The molecule has 1 atom stereocenters. The monoisotopic (exact) mass is 285 g/mol. The van der Waals surface area contributed by atoms with E-state index in [0.717, 1.165) is 18.8 Å². The maximum Gasteiger partial charge on any atom is 0.149 e. The molecular formula is C16H28ClNO. The van der Waals surface area contributed by atoms with Gasteiger partial charge in [-0.1, -0.05) is 39.8 Å². The molecule has 0 saturated carbocycles. The summed E-state index contributed by atoms with van der Waals surface area (Å²) in [6.07, 6.45) is 0.124. The van der Waals surface area contributed by atoms with E-state index in [1.54, 1.807) is 0 Å². The maximum absolute atomic E-state index is 6.16. The van der Waals surface area contributed by atoms with Crippen molar-refractivity contribution in [3.05, 3.63) is 29.3 Å². The Bertz CT molecular complexity index is 375. The van der Waals surface area contributed by atoms with Crippen LogP contribution in [0.25, 0.3) is 0 Å². The highest BCUT2D eigenvalue weighted by Gasteiger charge is 2.15. The number of hydrogen-bond acceptors (Lipinski definition) is 2. The van der Waals surface area contributed by atoms with Crippen LogP contribution in [0.5, 0.6) is 5.75 Å². The van der Waals surface area contributed by atoms with Crippen molar-refractivity contribution in [2.45, 2.75) is 53.7 Å². The van der Waals surface area contributed by atoms with Gasteiger partial charge in [-0.15, -0.1) is 12.4 Å². The quantitative estimate of drug-likeness (QED) is 0.708. The lowest BCUT2D eigenvalue weighted by Crippen LogP contribution is -2.37. The van der Waals surface area contributed by atoms with Crippen LogP contribution in [0, 0.1) is 6.92 Å². The Morgan fingerprint density at radius 1 is 1.11 bits per heavy atom. The average Bonchev–Trinajstić information content (AvgIpc) is 2.30. The summed E-state index contributed by atoms with van der Waals surface area (Å²) in [5, 5.41) is 0. The zero-order valence-electron chi connectivity index (χ0n) is 13.1. The molecule has 0 spiro atoms. The van der Waals surface area contributed by atoms with Gasteiger partial charge in [-0.25, -0.2) is 0 Å². The molecule has 0 aliphatic heterocycles. The minimum atomic E-state index is 0. The molecule has 110 valence electrons. The van der Waals surface area contributed by atoms with Crippen LogP contribution >= 0.6 is 12.4 Å². The van der Waals surface area contributed by atoms with Crippen molar-refractivity contribution in [1.29, 1.82) is 0 Å². The lowest BCUT2D eigenvalue weighted by molar-refractivity contribution is 0.0470. The van der Waals surface area contributed by atoms with E-state index in [2.05, 4.69) is 64.6 Å². The molecule has 1 unspecified atom stereocenters. The second-order valence-corrected chi connectivity index (χ2v) is 5.13. The van der Waals surface area contributed by atoms with Crippen molar-refractivity contribution < 1.29 is 4.74 Å². The lowest BCUT2D eigenvalue weighted by Gasteiger charge is -2.28. The van der Waals surface area contributed by atoms with Crippen LogP contribution in [-0.2, 0) is 0 Å². The van der Waals surface area contributed by atoms with Gasteiger partial charge < -0.3 is 4.74 Å². The summed E-state index contributed by atoms with van der Waals surface area (Å²) >= 11 is 0. The van der Waals surface area contributed by atoms with Gasteiger partial charge in [0, 0.05) is 0 Å². The molecule has 1 aromatic carbocycles. The highest BCUT2D eigenvalue weighted by atomic mass is 35.5. The van der Waals surface area contributed by atoms with Crippen LogP contribution in [0.15, 0.2) is 18.2 Å². The van der Waals surface area contributed by atoms with Crippen molar-refractivity contribution >= 4 is 12.4 Å². The molecule has 1 rings (SSSR count). The smallest absolute Gasteiger partial charge is 0.149 e. The third kappa shape index (κ3) is 5.04. The molecule has 1 aromatic rings. The van der Waals surface area contributed by atoms with Gasteiger partial charge in [0.15, 0.2) is 0 Å². The number of hydrogen-bond donors (Lipinski definition) is 0. The lowest BCUT2D eigenvalue weighted by atomic mass is 10.0. The van der Waals surface area contributed by atoms with Gasteiger partial charge >= 0.3 is 0 Å². The first kappa shape index (κ1) is 18.3. The van der Waals surface area contributed by atoms with Gasteiger partial charge in [-0.3, -0.25) is 4.90 Å². The molecule has 0 aliphatic rings. The molecule has 0 saturated heterocycles. The first-order chi connectivity index (χ1) is 8.49. The van der Waals surface area contributed by atoms with Crippen molar-refractivity contribution in [1.82, 2.24) is 4.90 Å². The zero-order valence-corrected chi connectivity index (χ0v) is 13.9. The Kier molecular flexibility index (Phi) is 8.12. The number of aryl methyl sites for hydroxylation is 1. The zero-order chi connectivity index (χ0) is 13.7. The molecule has 0 heterocycles. The van der Waals surface area contributed by atoms with Gasteiger partial charge in [-0.05, 0) is 50.0 Å². The fourth-order valence-corrected chi connectivity index (χ4v) is 2.22. The Hall–Kier alpha value is -0.730. The minimum Gasteiger partial charge on any atom is -0.475 e. The highest BCUT2D eigenvalue weighted by Crippen LogP contribution is 2.28. The van der Waals surface area contributed by atoms with Crippen LogP contribution in [0.1, 0.15) is 51.7 Å². The first-order valence-electron chi connectivity index (χ1n) is 7.00. The van der Waals surface area contributed by atoms with Crippen LogP contribution in [0.4, 0.5) is 0 Å². The fraction of sp³-hybridized carbons (Fsp3) is 0.625. The molecular weight excluding hydrogens is 258 g/mol. The van der Waals surface area contributed by atoms with E-state index in [1.165, 1.54) is 11.1 Å². The van der Waals surface area contributed by atoms with Crippen molar-refractivity contribution in [2.24, 2.45) is 0 Å². The van der Waals surface area contributed by atoms with Crippen LogP contribution in [-0.4, -0.2) is 24.2 Å². The van der Waals surface area contributed by atoms with E-state index >= 15 is 0 Å². The second kappa shape index (κ2) is 8.44. The Morgan fingerprint density at radius 2 is 1.68 bits per heavy atom. The molecule has 0 fully saturated rings. The van der Waals surface area contributed by atoms with E-state index in [4.69, 9.17) is 4.74 Å². The summed E-state index contributed by atoms with van der Waals surface area (Å²) in [5.41, 5.74) is 2.54. The molecule has 0 N–H and O–H groups in total. The summed E-state index contributed by atoms with van der Waals surface area (Å²) in [6, 6.07) is 6.49. The summed E-state index contributed by atoms with van der Waals surface area (Å²) in [5.74, 6) is 1.52. The van der Waals surface area contributed by atoms with Gasteiger partial charge in [0.2, 0.25) is 0 Å². The summed E-state index contributed by atoms with van der Waals surface area (Å²) in [7, 11) is 0. The topological polar surface area (TPSA) is 12.5 Å². The van der Waals surface area contributed by atoms with Gasteiger partial charge in [0.25, 0.3) is 0 Å². The van der Waals surface area contributed by atoms with Crippen molar-refractivity contribution in [3.63, 3.8) is 0 Å². The Labute approximate surface area is 124 Å². The van der Waals surface area contributed by atoms with Gasteiger partial charge in [0.05, 0.1) is 0 Å². The molecule has 0 amide bonds. The summed E-state index contributed by atoms with van der Waals surface area (Å²) in [4.78, 5) is 2.31. The molecule has 0 bridgehead atoms. The van der Waals surface area contributed by atoms with E-state index in [-0.39, 0.29) is 18.6 Å². The summed E-state index contributed by atoms with van der Waals surface area (Å²) in [6.45, 7) is 15.0.